The highest BCUT2D eigenvalue weighted by Crippen LogP contribution is 2.32. The van der Waals surface area contributed by atoms with Gasteiger partial charge in [-0.1, -0.05) is 12.1 Å². The number of piperidine rings is 1. The van der Waals surface area contributed by atoms with Gasteiger partial charge >= 0.3 is 6.18 Å². The molecule has 1 aliphatic heterocycles. The second kappa shape index (κ2) is 7.55. The van der Waals surface area contributed by atoms with Gasteiger partial charge in [0, 0.05) is 19.5 Å². The van der Waals surface area contributed by atoms with Gasteiger partial charge < -0.3 is 10.2 Å². The Kier molecular flexibility index (Phi) is 5.67. The fourth-order valence-corrected chi connectivity index (χ4v) is 2.94. The summed E-state index contributed by atoms with van der Waals surface area (Å²) in [5.74, 6) is -0.989. The van der Waals surface area contributed by atoms with Crippen LogP contribution < -0.4 is 5.32 Å². The maximum atomic E-state index is 13.0. The van der Waals surface area contributed by atoms with E-state index in [1.165, 1.54) is 0 Å². The molecule has 2 unspecified atom stereocenters. The number of carbonyl (C=O) groups is 2. The number of amides is 2. The van der Waals surface area contributed by atoms with E-state index in [1.54, 1.807) is 24.3 Å². The van der Waals surface area contributed by atoms with Crippen LogP contribution in [-0.4, -0.2) is 41.5 Å². The molecular weight excluding hydrogens is 335 g/mol. The first kappa shape index (κ1) is 18.8. The molecule has 5 nitrogen and oxygen atoms in total. The molecule has 2 amide bonds. The standard InChI is InChI=1S/C17H18F3N3O2/c1-11(24)23-10-14(6-7-15(23)17(18,19)20)22-16(25)8-12-2-4-13(9-21)5-3-12/h2-5,14-15H,6-8,10H2,1H3,(H,22,25). The molecule has 1 saturated heterocycles. The van der Waals surface area contributed by atoms with Gasteiger partial charge in [-0.15, -0.1) is 0 Å². The highest BCUT2D eigenvalue weighted by Gasteiger charge is 2.47. The van der Waals surface area contributed by atoms with Crippen LogP contribution in [0.1, 0.15) is 30.9 Å². The van der Waals surface area contributed by atoms with Crippen LogP contribution in [-0.2, 0) is 16.0 Å². The van der Waals surface area contributed by atoms with E-state index in [0.29, 0.717) is 11.1 Å². The summed E-state index contributed by atoms with van der Waals surface area (Å²) < 4.78 is 39.0. The van der Waals surface area contributed by atoms with Gasteiger partial charge in [0.15, 0.2) is 0 Å². The topological polar surface area (TPSA) is 73.2 Å². The lowest BCUT2D eigenvalue weighted by Gasteiger charge is -2.40. The lowest BCUT2D eigenvalue weighted by Crippen LogP contribution is -2.57. The van der Waals surface area contributed by atoms with Gasteiger partial charge in [-0.2, -0.15) is 18.4 Å². The number of likely N-dealkylation sites (tertiary alicyclic amines) is 1. The molecule has 1 aromatic rings. The maximum absolute atomic E-state index is 13.0. The minimum absolute atomic E-state index is 0.0605. The van der Waals surface area contributed by atoms with Crippen molar-refractivity contribution in [3.05, 3.63) is 35.4 Å². The van der Waals surface area contributed by atoms with Crippen LogP contribution in [0.2, 0.25) is 0 Å². The first-order valence-corrected chi connectivity index (χ1v) is 7.83. The zero-order valence-corrected chi connectivity index (χ0v) is 13.6. The van der Waals surface area contributed by atoms with Crippen molar-refractivity contribution in [3.8, 4) is 6.07 Å². The number of carbonyl (C=O) groups excluding carboxylic acids is 2. The molecule has 1 heterocycles. The lowest BCUT2D eigenvalue weighted by molar-refractivity contribution is -0.196. The highest BCUT2D eigenvalue weighted by molar-refractivity contribution is 5.79. The summed E-state index contributed by atoms with van der Waals surface area (Å²) in [4.78, 5) is 24.4. The van der Waals surface area contributed by atoms with E-state index in [9.17, 15) is 22.8 Å². The third-order valence-corrected chi connectivity index (χ3v) is 4.18. The molecule has 2 rings (SSSR count). The molecule has 0 bridgehead atoms. The Bertz CT molecular complexity index is 680. The van der Waals surface area contributed by atoms with E-state index in [0.717, 1.165) is 11.8 Å². The Hall–Kier alpha value is -2.56. The van der Waals surface area contributed by atoms with Crippen molar-refractivity contribution in [3.63, 3.8) is 0 Å². The first-order chi connectivity index (χ1) is 11.7. The Labute approximate surface area is 143 Å². The van der Waals surface area contributed by atoms with E-state index >= 15 is 0 Å². The second-order valence-corrected chi connectivity index (χ2v) is 6.06. The molecule has 2 atom stereocenters. The van der Waals surface area contributed by atoms with Crippen molar-refractivity contribution in [2.45, 2.75) is 44.4 Å². The van der Waals surface area contributed by atoms with E-state index < -0.39 is 24.2 Å². The normalized spacial score (nSPS) is 20.7. The molecule has 0 saturated carbocycles. The number of nitriles is 1. The van der Waals surface area contributed by atoms with Crippen LogP contribution in [0.5, 0.6) is 0 Å². The van der Waals surface area contributed by atoms with Crippen LogP contribution in [0.15, 0.2) is 24.3 Å². The minimum atomic E-state index is -4.47. The number of nitrogens with one attached hydrogen (secondary N) is 1. The summed E-state index contributed by atoms with van der Waals surface area (Å²) in [6.07, 6.45) is -4.48. The van der Waals surface area contributed by atoms with Gasteiger partial charge in [0.25, 0.3) is 0 Å². The van der Waals surface area contributed by atoms with E-state index in [4.69, 9.17) is 5.26 Å². The molecule has 1 N–H and O–H groups in total. The third-order valence-electron chi connectivity index (χ3n) is 4.18. The summed E-state index contributed by atoms with van der Waals surface area (Å²) in [5.41, 5.74) is 1.18. The number of halogens is 3. The quantitative estimate of drug-likeness (QED) is 0.905. The van der Waals surface area contributed by atoms with Gasteiger partial charge in [0.05, 0.1) is 18.1 Å². The number of hydrogen-bond donors (Lipinski definition) is 1. The summed E-state index contributed by atoms with van der Waals surface area (Å²) in [6, 6.07) is 6.16. The summed E-state index contributed by atoms with van der Waals surface area (Å²) in [7, 11) is 0. The van der Waals surface area contributed by atoms with Crippen molar-refractivity contribution >= 4 is 11.8 Å². The monoisotopic (exact) mass is 353 g/mol. The van der Waals surface area contributed by atoms with E-state index in [2.05, 4.69) is 5.32 Å². The van der Waals surface area contributed by atoms with Gasteiger partial charge in [-0.05, 0) is 30.5 Å². The zero-order valence-electron chi connectivity index (χ0n) is 13.6. The van der Waals surface area contributed by atoms with Crippen molar-refractivity contribution in [2.75, 3.05) is 6.54 Å². The van der Waals surface area contributed by atoms with Crippen LogP contribution >= 0.6 is 0 Å². The van der Waals surface area contributed by atoms with Gasteiger partial charge in [0.2, 0.25) is 11.8 Å². The molecule has 0 radical (unpaired) electrons. The van der Waals surface area contributed by atoms with Crippen molar-refractivity contribution < 1.29 is 22.8 Å². The maximum Gasteiger partial charge on any atom is 0.408 e. The molecular formula is C17H18F3N3O2. The highest BCUT2D eigenvalue weighted by atomic mass is 19.4. The summed E-state index contributed by atoms with van der Waals surface area (Å²) >= 11 is 0. The molecule has 8 heteroatoms. The Morgan fingerprint density at radius 2 is 1.92 bits per heavy atom. The number of benzene rings is 1. The van der Waals surface area contributed by atoms with Crippen molar-refractivity contribution in [2.24, 2.45) is 0 Å². The van der Waals surface area contributed by atoms with Crippen molar-refractivity contribution in [1.82, 2.24) is 10.2 Å². The van der Waals surface area contributed by atoms with Crippen LogP contribution in [0.4, 0.5) is 13.2 Å². The molecule has 134 valence electrons. The number of rotatable bonds is 3. The average molecular weight is 353 g/mol. The molecule has 1 aliphatic rings. The van der Waals surface area contributed by atoms with Crippen LogP contribution in [0.25, 0.3) is 0 Å². The zero-order chi connectivity index (χ0) is 18.6. The molecule has 1 fully saturated rings. The largest absolute Gasteiger partial charge is 0.408 e. The van der Waals surface area contributed by atoms with Gasteiger partial charge in [0.1, 0.15) is 6.04 Å². The predicted molar refractivity (Wildman–Crippen MR) is 83.3 cm³/mol. The molecule has 0 aliphatic carbocycles. The van der Waals surface area contributed by atoms with Crippen molar-refractivity contribution in [1.29, 1.82) is 5.26 Å². The Morgan fingerprint density at radius 1 is 1.28 bits per heavy atom. The fraction of sp³-hybridized carbons (Fsp3) is 0.471. The SMILES string of the molecule is CC(=O)N1CC(NC(=O)Cc2ccc(C#N)cc2)CCC1C(F)(F)F. The Balaban J connectivity index is 1.95. The molecule has 0 aromatic heterocycles. The Morgan fingerprint density at radius 3 is 2.44 bits per heavy atom. The number of alkyl halides is 3. The lowest BCUT2D eigenvalue weighted by atomic mass is 9.97. The second-order valence-electron chi connectivity index (χ2n) is 6.06. The summed E-state index contributed by atoms with van der Waals surface area (Å²) in [6.45, 7) is 0.943. The van der Waals surface area contributed by atoms with Crippen LogP contribution in [0.3, 0.4) is 0 Å². The molecule has 0 spiro atoms. The average Bonchev–Trinajstić information content (AvgIpc) is 2.54. The summed E-state index contributed by atoms with van der Waals surface area (Å²) in [5, 5.41) is 11.4. The fourth-order valence-electron chi connectivity index (χ4n) is 2.94. The number of hydrogen-bond acceptors (Lipinski definition) is 3. The molecule has 25 heavy (non-hydrogen) atoms. The third kappa shape index (κ3) is 4.95. The van der Waals surface area contributed by atoms with Crippen LogP contribution in [0, 0.1) is 11.3 Å². The van der Waals surface area contributed by atoms with E-state index in [-0.39, 0.29) is 31.7 Å². The predicted octanol–water partition coefficient (Wildman–Crippen LogP) is 2.16. The minimum Gasteiger partial charge on any atom is -0.351 e. The van der Waals surface area contributed by atoms with Gasteiger partial charge in [-0.25, -0.2) is 0 Å². The first-order valence-electron chi connectivity index (χ1n) is 7.83. The van der Waals surface area contributed by atoms with Gasteiger partial charge in [-0.3, -0.25) is 9.59 Å². The van der Waals surface area contributed by atoms with E-state index in [1.807, 2.05) is 6.07 Å². The number of nitrogens with zero attached hydrogens (tertiary/aromatic N) is 2. The smallest absolute Gasteiger partial charge is 0.351 e. The molecule has 1 aromatic carbocycles.